The average molecular weight is 656 g/mol. The third-order valence-corrected chi connectivity index (χ3v) is 10.5. The van der Waals surface area contributed by atoms with Gasteiger partial charge in [0.25, 0.3) is 5.91 Å². The molecule has 1 N–H and O–H groups in total. The van der Waals surface area contributed by atoms with Crippen molar-refractivity contribution in [3.05, 3.63) is 94.4 Å². The fraction of sp³-hybridized carbons (Fsp3) is 0.444. The molecule has 0 spiro atoms. The molecule has 0 atom stereocenters. The summed E-state index contributed by atoms with van der Waals surface area (Å²) in [6.45, 7) is 6.03. The maximum absolute atomic E-state index is 13.3. The smallest absolute Gasteiger partial charge is 0.253 e. The standard InChI is InChI=1S/C36H42ClN7O3/c1-40-21-23-43(24-22-40)35(46)28-12-17-42(18-13-28)34(45)27-6-4-26(5-7-27)25-32-38-33-31(3-2-16-44(33)39-32)41-19-14-36(47,15-20-41)29-8-10-30(37)11-9-29/h2-11,16,28,47H,12-15,17-25H2,1H3. The van der Waals surface area contributed by atoms with Crippen LogP contribution in [0.15, 0.2) is 66.9 Å². The van der Waals surface area contributed by atoms with Gasteiger partial charge in [-0.1, -0.05) is 35.9 Å². The van der Waals surface area contributed by atoms with Crippen molar-refractivity contribution in [2.45, 2.75) is 37.7 Å². The number of carbonyl (C=O) groups excluding carboxylic acids is 2. The number of aliphatic hydroxyl groups is 1. The van der Waals surface area contributed by atoms with Crippen LogP contribution >= 0.6 is 11.6 Å². The van der Waals surface area contributed by atoms with Crippen LogP contribution in [0.3, 0.4) is 0 Å². The maximum Gasteiger partial charge on any atom is 0.253 e. The van der Waals surface area contributed by atoms with Crippen LogP contribution in [0.2, 0.25) is 5.02 Å². The van der Waals surface area contributed by atoms with Crippen LogP contribution in [-0.2, 0) is 16.8 Å². The molecular weight excluding hydrogens is 614 g/mol. The van der Waals surface area contributed by atoms with Crippen LogP contribution in [0.4, 0.5) is 5.69 Å². The molecule has 0 radical (unpaired) electrons. The number of amides is 2. The minimum Gasteiger partial charge on any atom is -0.385 e. The van der Waals surface area contributed by atoms with Crippen molar-refractivity contribution in [2.24, 2.45) is 5.92 Å². The Labute approximate surface area is 280 Å². The summed E-state index contributed by atoms with van der Waals surface area (Å²) >= 11 is 6.06. The van der Waals surface area contributed by atoms with Crippen LogP contribution in [0.5, 0.6) is 0 Å². The number of pyridine rings is 1. The largest absolute Gasteiger partial charge is 0.385 e. The second-order valence-corrected chi connectivity index (χ2v) is 13.7. The number of benzene rings is 2. The van der Waals surface area contributed by atoms with E-state index >= 15 is 0 Å². The molecule has 3 saturated heterocycles. The summed E-state index contributed by atoms with van der Waals surface area (Å²) in [6, 6.07) is 19.2. The van der Waals surface area contributed by atoms with Gasteiger partial charge in [-0.2, -0.15) is 5.10 Å². The predicted octanol–water partition coefficient (Wildman–Crippen LogP) is 4.09. The Bertz CT molecular complexity index is 1720. The zero-order chi connectivity index (χ0) is 32.5. The molecule has 2 amide bonds. The van der Waals surface area contributed by atoms with E-state index < -0.39 is 5.60 Å². The fourth-order valence-electron chi connectivity index (χ4n) is 7.17. The van der Waals surface area contributed by atoms with Gasteiger partial charge >= 0.3 is 0 Å². The molecule has 4 aromatic rings. The molecular formula is C36H42ClN7O3. The number of hydrogen-bond donors (Lipinski definition) is 1. The van der Waals surface area contributed by atoms with E-state index in [1.165, 1.54) is 0 Å². The molecule has 3 aliphatic rings. The Morgan fingerprint density at radius 3 is 2.23 bits per heavy atom. The highest BCUT2D eigenvalue weighted by Crippen LogP contribution is 2.36. The van der Waals surface area contributed by atoms with Gasteiger partial charge in [-0.25, -0.2) is 9.50 Å². The number of likely N-dealkylation sites (tertiary alicyclic amines) is 1. The van der Waals surface area contributed by atoms with E-state index in [4.69, 9.17) is 21.7 Å². The summed E-state index contributed by atoms with van der Waals surface area (Å²) in [4.78, 5) is 39.6. The molecule has 246 valence electrons. The van der Waals surface area contributed by atoms with E-state index in [0.717, 1.165) is 61.5 Å². The van der Waals surface area contributed by atoms with Crippen molar-refractivity contribution < 1.29 is 14.7 Å². The van der Waals surface area contributed by atoms with Crippen LogP contribution in [-0.4, -0.2) is 106 Å². The van der Waals surface area contributed by atoms with Gasteiger partial charge in [-0.05, 0) is 80.3 Å². The number of aromatic nitrogens is 3. The van der Waals surface area contributed by atoms with Crippen molar-refractivity contribution in [3.8, 4) is 0 Å². The Morgan fingerprint density at radius 1 is 0.872 bits per heavy atom. The number of piperidine rings is 2. The third kappa shape index (κ3) is 6.72. The van der Waals surface area contributed by atoms with Gasteiger partial charge < -0.3 is 24.7 Å². The lowest BCUT2D eigenvalue weighted by atomic mass is 9.84. The number of carbonyl (C=O) groups is 2. The van der Waals surface area contributed by atoms with Crippen molar-refractivity contribution in [2.75, 3.05) is 64.3 Å². The molecule has 0 saturated carbocycles. The number of fused-ring (bicyclic) bond motifs is 1. The molecule has 0 aliphatic carbocycles. The van der Waals surface area contributed by atoms with Crippen molar-refractivity contribution in [3.63, 3.8) is 0 Å². The molecule has 3 aliphatic heterocycles. The molecule has 5 heterocycles. The Balaban J connectivity index is 0.953. The van der Waals surface area contributed by atoms with E-state index in [0.29, 0.717) is 61.9 Å². The van der Waals surface area contributed by atoms with Gasteiger partial charge in [0.05, 0.1) is 11.3 Å². The molecule has 0 unspecified atom stereocenters. The van der Waals surface area contributed by atoms with E-state index in [-0.39, 0.29) is 17.7 Å². The van der Waals surface area contributed by atoms with Gasteiger partial charge in [-0.3, -0.25) is 9.59 Å². The molecule has 11 heteroatoms. The highest BCUT2D eigenvalue weighted by molar-refractivity contribution is 6.30. The van der Waals surface area contributed by atoms with Gasteiger partial charge in [0.15, 0.2) is 11.5 Å². The van der Waals surface area contributed by atoms with E-state index in [9.17, 15) is 14.7 Å². The maximum atomic E-state index is 13.3. The number of halogens is 1. The fourth-order valence-corrected chi connectivity index (χ4v) is 7.30. The molecule has 2 aromatic heterocycles. The monoisotopic (exact) mass is 655 g/mol. The Hall–Kier alpha value is -3.99. The van der Waals surface area contributed by atoms with E-state index in [2.05, 4.69) is 22.9 Å². The second-order valence-electron chi connectivity index (χ2n) is 13.3. The average Bonchev–Trinajstić information content (AvgIpc) is 3.52. The van der Waals surface area contributed by atoms with Gasteiger partial charge in [0.1, 0.15) is 0 Å². The topological polar surface area (TPSA) is 97.5 Å². The normalized spacial score (nSPS) is 19.3. The molecule has 0 bridgehead atoms. The Kier molecular flexibility index (Phi) is 8.91. The van der Waals surface area contributed by atoms with E-state index in [1.54, 1.807) is 0 Å². The van der Waals surface area contributed by atoms with Gasteiger partial charge in [0.2, 0.25) is 5.91 Å². The minimum absolute atomic E-state index is 0.00999. The summed E-state index contributed by atoms with van der Waals surface area (Å²) < 4.78 is 1.82. The zero-order valence-electron chi connectivity index (χ0n) is 26.9. The number of hydrogen-bond acceptors (Lipinski definition) is 7. The Morgan fingerprint density at radius 2 is 1.55 bits per heavy atom. The lowest BCUT2D eigenvalue weighted by Crippen LogP contribution is -2.51. The van der Waals surface area contributed by atoms with Crippen LogP contribution in [0.25, 0.3) is 5.65 Å². The SMILES string of the molecule is CN1CCN(C(=O)C2CCN(C(=O)c3ccc(Cc4nc5c(N6CCC(O)(c7ccc(Cl)cc7)CC6)cccn5n4)cc3)CC2)CC1. The predicted molar refractivity (Wildman–Crippen MR) is 182 cm³/mol. The molecule has 47 heavy (non-hydrogen) atoms. The molecule has 7 rings (SSSR count). The number of piperazine rings is 1. The first kappa shape index (κ1) is 31.6. The van der Waals surface area contributed by atoms with Crippen LogP contribution in [0, 0.1) is 5.92 Å². The van der Waals surface area contributed by atoms with Crippen molar-refractivity contribution in [1.29, 1.82) is 0 Å². The summed E-state index contributed by atoms with van der Waals surface area (Å²) in [5, 5.41) is 16.8. The summed E-state index contributed by atoms with van der Waals surface area (Å²) in [7, 11) is 2.09. The second kappa shape index (κ2) is 13.3. The van der Waals surface area contributed by atoms with Crippen molar-refractivity contribution >= 4 is 34.7 Å². The van der Waals surface area contributed by atoms with Gasteiger partial charge in [0, 0.05) is 81.5 Å². The first-order chi connectivity index (χ1) is 22.8. The van der Waals surface area contributed by atoms with Crippen LogP contribution < -0.4 is 4.90 Å². The summed E-state index contributed by atoms with van der Waals surface area (Å²) in [6.07, 6.45) is 5.11. The highest BCUT2D eigenvalue weighted by Gasteiger charge is 2.35. The first-order valence-corrected chi connectivity index (χ1v) is 17.1. The molecule has 3 fully saturated rings. The van der Waals surface area contributed by atoms with Gasteiger partial charge in [-0.15, -0.1) is 0 Å². The van der Waals surface area contributed by atoms with Crippen LogP contribution in [0.1, 0.15) is 53.0 Å². The lowest BCUT2D eigenvalue weighted by molar-refractivity contribution is -0.138. The lowest BCUT2D eigenvalue weighted by Gasteiger charge is -2.39. The summed E-state index contributed by atoms with van der Waals surface area (Å²) in [5.74, 6) is 0.982. The van der Waals surface area contributed by atoms with Crippen molar-refractivity contribution in [1.82, 2.24) is 29.3 Å². The zero-order valence-corrected chi connectivity index (χ0v) is 27.6. The highest BCUT2D eigenvalue weighted by atomic mass is 35.5. The third-order valence-electron chi connectivity index (χ3n) is 10.2. The summed E-state index contributed by atoms with van der Waals surface area (Å²) in [5.41, 5.74) is 3.50. The molecule has 2 aromatic carbocycles. The minimum atomic E-state index is -0.876. The number of rotatable bonds is 6. The molecule has 10 nitrogen and oxygen atoms in total. The number of anilines is 1. The van der Waals surface area contributed by atoms with E-state index in [1.807, 2.05) is 75.1 Å². The first-order valence-electron chi connectivity index (χ1n) is 16.7. The number of nitrogens with zero attached hydrogens (tertiary/aromatic N) is 7. The quantitative estimate of drug-likeness (QED) is 0.334. The number of likely N-dealkylation sites (N-methyl/N-ethyl adjacent to an activating group) is 1.